The molecule has 0 aliphatic carbocycles. The lowest BCUT2D eigenvalue weighted by molar-refractivity contribution is 0.270. The Morgan fingerprint density at radius 2 is 2.00 bits per heavy atom. The minimum absolute atomic E-state index is 0.108. The van der Waals surface area contributed by atoms with Crippen LogP contribution in [0.3, 0.4) is 0 Å². The monoisotopic (exact) mass is 364 g/mol. The van der Waals surface area contributed by atoms with Crippen LogP contribution in [-0.4, -0.2) is 33.6 Å². The first-order valence-electron chi connectivity index (χ1n) is 8.77. The molecule has 0 unspecified atom stereocenters. The van der Waals surface area contributed by atoms with E-state index in [1.807, 2.05) is 18.3 Å². The van der Waals surface area contributed by atoms with Gasteiger partial charge >= 0.3 is 0 Å². The Kier molecular flexibility index (Phi) is 3.19. The zero-order valence-electron chi connectivity index (χ0n) is 15.0. The minimum atomic E-state index is -0.329. The predicted octanol–water partition coefficient (Wildman–Crippen LogP) is 4.22. The minimum Gasteiger partial charge on any atom is -0.477 e. The maximum atomic E-state index is 6.04. The van der Waals surface area contributed by atoms with Gasteiger partial charge in [-0.1, -0.05) is 12.1 Å². The smallest absolute Gasteiger partial charge is 0.213 e. The first kappa shape index (κ1) is 15.8. The van der Waals surface area contributed by atoms with Gasteiger partial charge in [0.1, 0.15) is 23.2 Å². The summed E-state index contributed by atoms with van der Waals surface area (Å²) in [5, 5.41) is 1.09. The molecule has 2 aliphatic rings. The van der Waals surface area contributed by atoms with E-state index in [0.29, 0.717) is 6.61 Å². The van der Waals surface area contributed by atoms with Crippen molar-refractivity contribution in [1.29, 1.82) is 0 Å². The fourth-order valence-electron chi connectivity index (χ4n) is 3.72. The second kappa shape index (κ2) is 5.27. The number of pyridine rings is 1. The normalized spacial score (nSPS) is 26.7. The molecule has 0 bridgehead atoms. The lowest BCUT2D eigenvalue weighted by atomic mass is 10.1. The van der Waals surface area contributed by atoms with Crippen LogP contribution in [0.1, 0.15) is 31.8 Å². The van der Waals surface area contributed by atoms with E-state index in [4.69, 9.17) is 14.7 Å². The van der Waals surface area contributed by atoms with E-state index >= 15 is 0 Å². The van der Waals surface area contributed by atoms with Gasteiger partial charge in [-0.15, -0.1) is 11.3 Å². The highest BCUT2D eigenvalue weighted by Crippen LogP contribution is 2.58. The van der Waals surface area contributed by atoms with Crippen LogP contribution >= 0.6 is 11.3 Å². The number of nitrogens with zero attached hydrogens (tertiary/aromatic N) is 4. The Hall–Kier alpha value is -2.47. The molecule has 0 amide bonds. The average Bonchev–Trinajstić information content (AvgIpc) is 2.94. The number of rotatable bonds is 3. The summed E-state index contributed by atoms with van der Waals surface area (Å²) in [5.74, 6) is 0.801. The van der Waals surface area contributed by atoms with Gasteiger partial charge in [0.05, 0.1) is 27.6 Å². The summed E-state index contributed by atoms with van der Waals surface area (Å²) < 4.78 is 7.24. The SMILES string of the molecule is CC1(C)COC([C@@]2(C)[C@@H](c3nc4ccccc4s3)N2c2cccnc2)=N1. The van der Waals surface area contributed by atoms with Crippen LogP contribution < -0.4 is 4.90 Å². The molecule has 1 saturated heterocycles. The molecule has 1 fully saturated rings. The molecule has 6 heteroatoms. The van der Waals surface area contributed by atoms with Crippen LogP contribution in [0.2, 0.25) is 0 Å². The zero-order valence-corrected chi connectivity index (χ0v) is 15.8. The van der Waals surface area contributed by atoms with Crippen molar-refractivity contribution >= 4 is 33.1 Å². The third kappa shape index (κ3) is 2.25. The Bertz CT molecular complexity index is 980. The van der Waals surface area contributed by atoms with E-state index in [0.717, 1.165) is 22.1 Å². The summed E-state index contributed by atoms with van der Waals surface area (Å²) in [5.41, 5.74) is 1.60. The van der Waals surface area contributed by atoms with Gasteiger partial charge in [-0.2, -0.15) is 0 Å². The van der Waals surface area contributed by atoms with Crippen molar-refractivity contribution in [2.24, 2.45) is 4.99 Å². The van der Waals surface area contributed by atoms with Crippen molar-refractivity contribution in [1.82, 2.24) is 9.97 Å². The molecule has 26 heavy (non-hydrogen) atoms. The summed E-state index contributed by atoms with van der Waals surface area (Å²) in [6, 6.07) is 12.4. The van der Waals surface area contributed by atoms with Gasteiger partial charge in [-0.25, -0.2) is 9.98 Å². The third-order valence-corrected chi connectivity index (χ3v) is 6.18. The van der Waals surface area contributed by atoms with Crippen molar-refractivity contribution in [3.05, 3.63) is 53.8 Å². The molecule has 0 spiro atoms. The van der Waals surface area contributed by atoms with Gasteiger partial charge in [0.2, 0.25) is 5.90 Å². The lowest BCUT2D eigenvalue weighted by Gasteiger charge is -2.12. The number of anilines is 1. The first-order valence-corrected chi connectivity index (χ1v) is 9.59. The topological polar surface area (TPSA) is 50.4 Å². The van der Waals surface area contributed by atoms with Gasteiger partial charge in [-0.05, 0) is 45.0 Å². The molecule has 2 aliphatic heterocycles. The van der Waals surface area contributed by atoms with Gasteiger partial charge < -0.3 is 9.64 Å². The number of thiazole rings is 1. The van der Waals surface area contributed by atoms with E-state index in [9.17, 15) is 0 Å². The molecule has 5 nitrogen and oxygen atoms in total. The first-order chi connectivity index (χ1) is 12.5. The fourth-order valence-corrected chi connectivity index (χ4v) is 4.90. The molecule has 2 atom stereocenters. The predicted molar refractivity (Wildman–Crippen MR) is 105 cm³/mol. The summed E-state index contributed by atoms with van der Waals surface area (Å²) in [4.78, 5) is 16.4. The summed E-state index contributed by atoms with van der Waals surface area (Å²) in [6.07, 6.45) is 3.69. The largest absolute Gasteiger partial charge is 0.477 e. The zero-order chi connectivity index (χ0) is 17.9. The maximum Gasteiger partial charge on any atom is 0.213 e. The van der Waals surface area contributed by atoms with Gasteiger partial charge in [0.15, 0.2) is 0 Å². The van der Waals surface area contributed by atoms with Gasteiger partial charge in [0.25, 0.3) is 0 Å². The molecule has 5 rings (SSSR count). The van der Waals surface area contributed by atoms with Crippen LogP contribution in [-0.2, 0) is 4.74 Å². The summed E-state index contributed by atoms with van der Waals surface area (Å²) in [7, 11) is 0. The number of aromatic nitrogens is 2. The molecule has 2 aromatic heterocycles. The third-order valence-electron chi connectivity index (χ3n) is 5.09. The fraction of sp³-hybridized carbons (Fsp3) is 0.350. The van der Waals surface area contributed by atoms with E-state index in [-0.39, 0.29) is 17.1 Å². The second-order valence-corrected chi connectivity index (χ2v) is 8.73. The Labute approximate surface area is 156 Å². The summed E-state index contributed by atoms with van der Waals surface area (Å²) >= 11 is 1.74. The van der Waals surface area contributed by atoms with E-state index in [2.05, 4.69) is 54.9 Å². The van der Waals surface area contributed by atoms with Crippen LogP contribution in [0.25, 0.3) is 10.2 Å². The van der Waals surface area contributed by atoms with Gasteiger partial charge in [0, 0.05) is 6.20 Å². The van der Waals surface area contributed by atoms with Crippen LogP contribution in [0.4, 0.5) is 5.69 Å². The summed E-state index contributed by atoms with van der Waals surface area (Å²) in [6.45, 7) is 7.02. The molecule has 4 heterocycles. The molecule has 1 aromatic carbocycles. The quantitative estimate of drug-likeness (QED) is 0.653. The van der Waals surface area contributed by atoms with Crippen molar-refractivity contribution in [2.75, 3.05) is 11.5 Å². The highest BCUT2D eigenvalue weighted by Gasteiger charge is 2.67. The van der Waals surface area contributed by atoms with Gasteiger partial charge in [-0.3, -0.25) is 4.98 Å². The van der Waals surface area contributed by atoms with E-state index < -0.39 is 0 Å². The van der Waals surface area contributed by atoms with Crippen molar-refractivity contribution in [2.45, 2.75) is 37.9 Å². The highest BCUT2D eigenvalue weighted by atomic mass is 32.1. The number of para-hydroxylation sites is 1. The highest BCUT2D eigenvalue weighted by molar-refractivity contribution is 7.18. The lowest BCUT2D eigenvalue weighted by Crippen LogP contribution is -2.26. The van der Waals surface area contributed by atoms with Crippen molar-refractivity contribution in [3.63, 3.8) is 0 Å². The molecule has 132 valence electrons. The second-order valence-electron chi connectivity index (χ2n) is 7.67. The Balaban J connectivity index is 1.62. The molecule has 3 aromatic rings. The number of aliphatic imine (C=N–C) groups is 1. The standard InChI is InChI=1S/C20H20N4OS/c1-19(2)12-25-18(23-19)20(3)16(24(20)13-7-6-10-21-11-13)17-22-14-8-4-5-9-15(14)26-17/h4-11,16H,12H2,1-3H3/t16-,20-,24?/m1/s1. The molecule has 0 saturated carbocycles. The number of ether oxygens (including phenoxy) is 1. The molecular weight excluding hydrogens is 344 g/mol. The number of benzene rings is 1. The number of hydrogen-bond acceptors (Lipinski definition) is 6. The molecule has 0 N–H and O–H groups in total. The van der Waals surface area contributed by atoms with E-state index in [1.54, 1.807) is 17.5 Å². The van der Waals surface area contributed by atoms with Crippen LogP contribution in [0, 0.1) is 0 Å². The van der Waals surface area contributed by atoms with Crippen LogP contribution in [0.15, 0.2) is 53.8 Å². The average molecular weight is 364 g/mol. The number of fused-ring (bicyclic) bond motifs is 1. The number of hydrogen-bond donors (Lipinski definition) is 0. The molecule has 0 radical (unpaired) electrons. The molecular formula is C20H20N4OS. The maximum absolute atomic E-state index is 6.04. The Morgan fingerprint density at radius 3 is 2.69 bits per heavy atom. The Morgan fingerprint density at radius 1 is 1.15 bits per heavy atom. The van der Waals surface area contributed by atoms with Crippen LogP contribution in [0.5, 0.6) is 0 Å². The van der Waals surface area contributed by atoms with Crippen molar-refractivity contribution in [3.8, 4) is 0 Å². The van der Waals surface area contributed by atoms with Crippen molar-refractivity contribution < 1.29 is 4.74 Å². The van der Waals surface area contributed by atoms with E-state index in [1.165, 1.54) is 4.70 Å².